The third-order valence-electron chi connectivity index (χ3n) is 25.1. The molecule has 3 heteroatoms. The molecule has 0 bridgehead atoms. The highest BCUT2D eigenvalue weighted by Gasteiger charge is 2.56. The molecule has 10 fully saturated rings. The second-order valence-corrected chi connectivity index (χ2v) is 33.1. The fourth-order valence-corrected chi connectivity index (χ4v) is 15.2. The molecule has 1 spiro atoms. The molecule has 10 aliphatic rings. The van der Waals surface area contributed by atoms with Crippen LogP contribution in [0.3, 0.4) is 0 Å². The number of hydrogen-bond acceptors (Lipinski definition) is 0. The molecule has 10 atom stereocenters. The van der Waals surface area contributed by atoms with Crippen molar-refractivity contribution in [3.8, 4) is 0 Å². The number of alkyl halides is 3. The summed E-state index contributed by atoms with van der Waals surface area (Å²) in [5, 5.41) is 0. The van der Waals surface area contributed by atoms with Crippen molar-refractivity contribution < 1.29 is 13.2 Å². The van der Waals surface area contributed by atoms with Crippen LogP contribution in [0.2, 0.25) is 0 Å². The largest absolute Gasteiger partial charge is 0.394 e. The first-order valence-corrected chi connectivity index (χ1v) is 34.1. The van der Waals surface area contributed by atoms with Crippen molar-refractivity contribution in [3.05, 3.63) is 0 Å². The molecule has 7 unspecified atom stereocenters. The molecule has 76 heavy (non-hydrogen) atoms. The monoisotopic (exact) mass is 1080 g/mol. The third kappa shape index (κ3) is 24.7. The maximum atomic E-state index is 12.4. The van der Waals surface area contributed by atoms with Gasteiger partial charge in [-0.15, -0.1) is 0 Å². The van der Waals surface area contributed by atoms with Crippen LogP contribution in [0.4, 0.5) is 13.2 Å². The lowest BCUT2D eigenvalue weighted by Gasteiger charge is -2.42. The molecule has 0 nitrogen and oxygen atoms in total. The van der Waals surface area contributed by atoms with Crippen LogP contribution in [0.1, 0.15) is 351 Å². The minimum atomic E-state index is -4.01. The summed E-state index contributed by atoms with van der Waals surface area (Å²) < 4.78 is 37.2. The Labute approximate surface area is 478 Å². The van der Waals surface area contributed by atoms with E-state index in [9.17, 15) is 13.2 Å². The van der Waals surface area contributed by atoms with E-state index in [1.165, 1.54) is 161 Å². The molecule has 0 N–H and O–H groups in total. The van der Waals surface area contributed by atoms with Crippen LogP contribution in [0, 0.1) is 109 Å². The SMILES string of the molecule is CC1(C)CCC1.CC1(C)CCCC1.CC1C(C)(C)CCC1(C)C.CC1CCC(C)C1C.CC1CCC(C)C1C.CC1CCC2(CCCCC2)CC1.CC1CCC[C@H]1C.CC1CCC[C@H]1C.C[C@@H]1CCCC1(C)C(F)(F)F. The highest BCUT2D eigenvalue weighted by Crippen LogP contribution is 2.54. The topological polar surface area (TPSA) is 0 Å². The molecule has 10 aliphatic carbocycles. The normalized spacial score (nSPS) is 37.3. The van der Waals surface area contributed by atoms with Gasteiger partial charge in [-0.2, -0.15) is 13.2 Å². The van der Waals surface area contributed by atoms with Gasteiger partial charge in [0.1, 0.15) is 0 Å². The molecule has 0 aromatic rings. The van der Waals surface area contributed by atoms with Gasteiger partial charge in [0.25, 0.3) is 0 Å². The van der Waals surface area contributed by atoms with Crippen molar-refractivity contribution in [2.75, 3.05) is 0 Å². The van der Waals surface area contributed by atoms with Gasteiger partial charge in [-0.05, 0) is 181 Å². The van der Waals surface area contributed by atoms with E-state index >= 15 is 0 Å². The van der Waals surface area contributed by atoms with Crippen molar-refractivity contribution in [2.24, 2.45) is 109 Å². The predicted molar refractivity (Wildman–Crippen MR) is 334 cm³/mol. The van der Waals surface area contributed by atoms with Crippen LogP contribution in [0.5, 0.6) is 0 Å². The Morgan fingerprint density at radius 3 is 0.789 bits per heavy atom. The third-order valence-corrected chi connectivity index (χ3v) is 25.1. The molecule has 0 heterocycles. The Morgan fingerprint density at radius 2 is 0.618 bits per heavy atom. The summed E-state index contributed by atoms with van der Waals surface area (Å²) in [5.74, 6) is 11.7. The molecule has 0 saturated heterocycles. The zero-order chi connectivity index (χ0) is 57.9. The fourth-order valence-electron chi connectivity index (χ4n) is 15.2. The van der Waals surface area contributed by atoms with E-state index in [-0.39, 0.29) is 5.92 Å². The lowest BCUT2D eigenvalue weighted by Crippen LogP contribution is -2.37. The minimum absolute atomic E-state index is 0.206. The van der Waals surface area contributed by atoms with Gasteiger partial charge in [0.05, 0.1) is 5.41 Å². The Bertz CT molecular complexity index is 1390. The Balaban J connectivity index is 0.000000295. The predicted octanol–water partition coefficient (Wildman–Crippen LogP) is 26.0. The molecular weight excluding hydrogens is 934 g/mol. The van der Waals surface area contributed by atoms with Crippen LogP contribution in [0.15, 0.2) is 0 Å². The summed E-state index contributed by atoms with van der Waals surface area (Å²) in [6, 6.07) is 0. The maximum absolute atomic E-state index is 12.4. The van der Waals surface area contributed by atoms with Gasteiger partial charge in [0, 0.05) is 0 Å². The van der Waals surface area contributed by atoms with Gasteiger partial charge in [0.2, 0.25) is 0 Å². The van der Waals surface area contributed by atoms with Gasteiger partial charge < -0.3 is 0 Å². The quantitative estimate of drug-likeness (QED) is 0.227. The molecule has 0 radical (unpaired) electrons. The molecule has 10 rings (SSSR count). The fraction of sp³-hybridized carbons (Fsp3) is 1.00. The molecule has 0 amide bonds. The van der Waals surface area contributed by atoms with Crippen molar-refractivity contribution >= 4 is 0 Å². The van der Waals surface area contributed by atoms with Crippen LogP contribution < -0.4 is 0 Å². The van der Waals surface area contributed by atoms with Crippen molar-refractivity contribution in [1.29, 1.82) is 0 Å². The molecule has 0 aromatic carbocycles. The average Bonchev–Trinajstić information content (AvgIpc) is 4.24. The van der Waals surface area contributed by atoms with Crippen LogP contribution in [-0.4, -0.2) is 6.18 Å². The van der Waals surface area contributed by atoms with Crippen molar-refractivity contribution in [3.63, 3.8) is 0 Å². The van der Waals surface area contributed by atoms with Crippen LogP contribution in [-0.2, 0) is 0 Å². The number of hydrogen-bond donors (Lipinski definition) is 0. The molecule has 10 saturated carbocycles. The minimum Gasteiger partial charge on any atom is -0.171 e. The first-order valence-electron chi connectivity index (χ1n) is 34.1. The van der Waals surface area contributed by atoms with Gasteiger partial charge in [-0.25, -0.2) is 0 Å². The van der Waals surface area contributed by atoms with Gasteiger partial charge in [-0.3, -0.25) is 0 Å². The van der Waals surface area contributed by atoms with E-state index in [0.717, 1.165) is 94.7 Å². The summed E-state index contributed by atoms with van der Waals surface area (Å²) in [5.41, 5.74) is 2.02. The highest BCUT2D eigenvalue weighted by molar-refractivity contribution is 4.94. The summed E-state index contributed by atoms with van der Waals surface area (Å²) in [4.78, 5) is 0. The van der Waals surface area contributed by atoms with Crippen LogP contribution in [0.25, 0.3) is 0 Å². The maximum Gasteiger partial charge on any atom is 0.394 e. The van der Waals surface area contributed by atoms with E-state index in [4.69, 9.17) is 0 Å². The average molecular weight is 1080 g/mol. The summed E-state index contributed by atoms with van der Waals surface area (Å²) >= 11 is 0. The number of halogens is 3. The highest BCUT2D eigenvalue weighted by atomic mass is 19.4. The van der Waals surface area contributed by atoms with Crippen LogP contribution >= 0.6 is 0 Å². The first-order chi connectivity index (χ1) is 35.0. The van der Waals surface area contributed by atoms with Gasteiger partial charge in [0.15, 0.2) is 0 Å². The molecular formula is C73H141F3. The van der Waals surface area contributed by atoms with E-state index in [0.29, 0.717) is 22.7 Å². The van der Waals surface area contributed by atoms with Crippen molar-refractivity contribution in [2.45, 2.75) is 358 Å². The summed E-state index contributed by atoms with van der Waals surface area (Å²) in [6.45, 7) is 50.5. The van der Waals surface area contributed by atoms with E-state index < -0.39 is 11.6 Å². The zero-order valence-electron chi connectivity index (χ0n) is 56.1. The zero-order valence-corrected chi connectivity index (χ0v) is 56.1. The smallest absolute Gasteiger partial charge is 0.171 e. The molecule has 0 aliphatic heterocycles. The van der Waals surface area contributed by atoms with Gasteiger partial charge >= 0.3 is 6.18 Å². The Kier molecular flexibility index (Phi) is 30.8. The van der Waals surface area contributed by atoms with Crippen molar-refractivity contribution in [1.82, 2.24) is 0 Å². The van der Waals surface area contributed by atoms with Gasteiger partial charge in [-0.1, -0.05) is 274 Å². The van der Waals surface area contributed by atoms with E-state index in [2.05, 4.69) is 138 Å². The summed E-state index contributed by atoms with van der Waals surface area (Å²) in [7, 11) is 0. The molecule has 0 aromatic heterocycles. The first kappa shape index (κ1) is 71.9. The Morgan fingerprint density at radius 1 is 0.289 bits per heavy atom. The molecule has 454 valence electrons. The second-order valence-electron chi connectivity index (χ2n) is 33.1. The second kappa shape index (κ2) is 32.6. The standard InChI is InChI=1S/C12H22.C10H20.C8H13F3.2C8H16.3C7H14.C6H12/c1-11-5-9-12(10-6-11)7-3-2-4-8-12;1-8-9(2,3)6-7-10(8,4)5;1-6-4-3-5-7(6,2)8(9,10)11;2*1-6-4-5-7(2)8(6)3;1-7(2)5-3-4-6-7;2*1-6-4-3-5-7(6)2;1-6(2)4-3-5-6/h11H,2-10H2,1H3;8H,6-7H2,1-5H3;6H,3-5H2,1-2H3;2*6-8H,4-5H2,1-3H3;3-6H2,1-2H3;2*6-7H,3-5H2,1-2H3;3-5H2,1-2H3/t;;6-,7?;;;;2*6-,7?;/m..1...11./s1. The lowest BCUT2D eigenvalue weighted by atomic mass is 9.63. The summed E-state index contributed by atoms with van der Waals surface area (Å²) in [6.07, 6.45) is 39.2. The Hall–Kier alpha value is -0.210. The lowest BCUT2D eigenvalue weighted by molar-refractivity contribution is -0.227. The van der Waals surface area contributed by atoms with E-state index in [1.54, 1.807) is 32.6 Å². The van der Waals surface area contributed by atoms with E-state index in [1.807, 2.05) is 0 Å². The number of rotatable bonds is 0.